The predicted molar refractivity (Wildman–Crippen MR) is 99.4 cm³/mol. The minimum atomic E-state index is -3.78. The number of carbonyl (C=O) groups excluding carboxylic acids is 1. The fraction of sp³-hybridized carbons (Fsp3) is 0.278. The predicted octanol–water partition coefficient (Wildman–Crippen LogP) is 3.22. The van der Waals surface area contributed by atoms with Crippen LogP contribution >= 0.6 is 0 Å². The Hall–Kier alpha value is -3.08. The lowest BCUT2D eigenvalue weighted by molar-refractivity contribution is -0.286. The number of fused-ring (bicyclic) bond motifs is 2. The van der Waals surface area contributed by atoms with Crippen LogP contribution in [0, 0.1) is 0 Å². The summed E-state index contributed by atoms with van der Waals surface area (Å²) in [5, 5.41) is 0. The van der Waals surface area contributed by atoms with Crippen molar-refractivity contribution in [2.24, 2.45) is 0 Å². The molecule has 0 spiro atoms. The van der Waals surface area contributed by atoms with Gasteiger partial charge in [-0.15, -0.1) is 8.78 Å². The van der Waals surface area contributed by atoms with Gasteiger partial charge in [0.15, 0.2) is 17.1 Å². The van der Waals surface area contributed by atoms with Crippen LogP contribution in [0.25, 0.3) is 0 Å². The Labute approximate surface area is 165 Å². The van der Waals surface area contributed by atoms with E-state index in [2.05, 4.69) is 14.2 Å². The first-order valence-corrected chi connectivity index (χ1v) is 10.3. The van der Waals surface area contributed by atoms with Crippen molar-refractivity contribution in [3.63, 3.8) is 0 Å². The highest BCUT2D eigenvalue weighted by Gasteiger charge is 2.45. The first kappa shape index (κ1) is 19.2. The van der Waals surface area contributed by atoms with Crippen LogP contribution in [0.5, 0.6) is 17.2 Å². The third-order valence-corrected chi connectivity index (χ3v) is 4.84. The van der Waals surface area contributed by atoms with Crippen LogP contribution in [0.1, 0.15) is 13.8 Å². The fourth-order valence-electron chi connectivity index (χ4n) is 3.09. The van der Waals surface area contributed by atoms with Gasteiger partial charge in [0.25, 0.3) is 5.91 Å². The van der Waals surface area contributed by atoms with E-state index in [9.17, 15) is 22.0 Å². The Bertz CT molecular complexity index is 1130. The largest absolute Gasteiger partial charge is 0.586 e. The third kappa shape index (κ3) is 3.53. The molecule has 0 fully saturated rings. The van der Waals surface area contributed by atoms with E-state index in [0.717, 1.165) is 6.26 Å². The number of hydrogen-bond acceptors (Lipinski definition) is 6. The zero-order chi connectivity index (χ0) is 21.2. The van der Waals surface area contributed by atoms with Crippen molar-refractivity contribution in [3.8, 4) is 17.2 Å². The number of sulfonamides is 1. The molecule has 29 heavy (non-hydrogen) atoms. The van der Waals surface area contributed by atoms with Crippen molar-refractivity contribution in [2.75, 3.05) is 15.9 Å². The van der Waals surface area contributed by atoms with E-state index in [4.69, 9.17) is 4.74 Å². The molecule has 4 rings (SSSR count). The monoisotopic (exact) mass is 426 g/mol. The molecule has 8 nitrogen and oxygen atoms in total. The van der Waals surface area contributed by atoms with Crippen LogP contribution < -0.4 is 23.8 Å². The average Bonchev–Trinajstić information content (AvgIpc) is 2.87. The molecule has 154 valence electrons. The molecule has 2 aromatic carbocycles. The number of carbonyl (C=O) groups is 1. The number of ether oxygens (including phenoxy) is 3. The highest BCUT2D eigenvalue weighted by Crippen LogP contribution is 2.47. The van der Waals surface area contributed by atoms with Crippen LogP contribution in [0.2, 0.25) is 0 Å². The van der Waals surface area contributed by atoms with Crippen molar-refractivity contribution in [1.29, 1.82) is 0 Å². The van der Waals surface area contributed by atoms with Gasteiger partial charge < -0.3 is 14.2 Å². The summed E-state index contributed by atoms with van der Waals surface area (Å²) in [6.07, 6.45) is -2.77. The number of anilines is 3. The molecule has 1 N–H and O–H groups in total. The molecule has 0 saturated carbocycles. The highest BCUT2D eigenvalue weighted by molar-refractivity contribution is 7.92. The van der Waals surface area contributed by atoms with Gasteiger partial charge in [0, 0.05) is 12.1 Å². The van der Waals surface area contributed by atoms with E-state index in [0.29, 0.717) is 5.69 Å². The first-order chi connectivity index (χ1) is 13.3. The Balaban J connectivity index is 1.80. The lowest BCUT2D eigenvalue weighted by Gasteiger charge is -2.39. The number of rotatable bonds is 3. The molecule has 0 aromatic heterocycles. The van der Waals surface area contributed by atoms with Gasteiger partial charge >= 0.3 is 6.29 Å². The molecule has 2 heterocycles. The Morgan fingerprint density at radius 2 is 1.66 bits per heavy atom. The molecular weight excluding hydrogens is 410 g/mol. The number of alkyl halides is 2. The van der Waals surface area contributed by atoms with Crippen molar-refractivity contribution >= 4 is 33.0 Å². The normalized spacial score (nSPS) is 18.8. The average molecular weight is 426 g/mol. The van der Waals surface area contributed by atoms with Crippen molar-refractivity contribution in [1.82, 2.24) is 0 Å². The SMILES string of the molecule is CC1(C)Oc2cc(NS(C)(=O)=O)ccc2N(c2ccc3c(c2)OC(F)(F)O3)C1=O. The fourth-order valence-corrected chi connectivity index (χ4v) is 3.64. The number of nitrogens with zero attached hydrogens (tertiary/aromatic N) is 1. The third-order valence-electron chi connectivity index (χ3n) is 4.23. The molecule has 2 aromatic rings. The van der Waals surface area contributed by atoms with Crippen LogP contribution in [0.4, 0.5) is 25.8 Å². The quantitative estimate of drug-likeness (QED) is 0.810. The molecule has 2 aliphatic heterocycles. The molecule has 0 bridgehead atoms. The number of benzene rings is 2. The van der Waals surface area contributed by atoms with Gasteiger partial charge in [-0.05, 0) is 38.1 Å². The zero-order valence-corrected chi connectivity index (χ0v) is 16.3. The van der Waals surface area contributed by atoms with Crippen LogP contribution in [0.3, 0.4) is 0 Å². The maximum absolute atomic E-state index is 13.3. The molecule has 0 aliphatic carbocycles. The molecule has 0 unspecified atom stereocenters. The standard InChI is InChI=1S/C18H16F2N2O6S/c1-17(2)16(23)22(11-5-7-13-15(9-11)28-18(19,20)27-13)12-6-4-10(8-14(12)26-17)21-29(3,24)25/h4-9,21H,1-3H3. The summed E-state index contributed by atoms with van der Waals surface area (Å²) in [7, 11) is -3.51. The summed E-state index contributed by atoms with van der Waals surface area (Å²) in [5.74, 6) is -0.557. The lowest BCUT2D eigenvalue weighted by atomic mass is 10.0. The lowest BCUT2D eigenvalue weighted by Crippen LogP contribution is -2.50. The second-order valence-corrected chi connectivity index (χ2v) is 8.86. The summed E-state index contributed by atoms with van der Waals surface area (Å²) in [6.45, 7) is 3.09. The van der Waals surface area contributed by atoms with Gasteiger partial charge in [0.05, 0.1) is 23.3 Å². The van der Waals surface area contributed by atoms with Crippen LogP contribution in [0.15, 0.2) is 36.4 Å². The number of nitrogens with one attached hydrogen (secondary N) is 1. The Morgan fingerprint density at radius 1 is 0.966 bits per heavy atom. The maximum Gasteiger partial charge on any atom is 0.586 e. The van der Waals surface area contributed by atoms with E-state index in [1.165, 1.54) is 41.3 Å². The van der Waals surface area contributed by atoms with Crippen molar-refractivity contribution < 1.29 is 36.2 Å². The minimum absolute atomic E-state index is 0.147. The van der Waals surface area contributed by atoms with E-state index in [1.807, 2.05) is 0 Å². The molecule has 0 atom stereocenters. The van der Waals surface area contributed by atoms with E-state index in [1.54, 1.807) is 13.8 Å². The van der Waals surface area contributed by atoms with E-state index < -0.39 is 27.8 Å². The van der Waals surface area contributed by atoms with Crippen molar-refractivity contribution in [2.45, 2.75) is 25.7 Å². The molecule has 11 heteroatoms. The molecule has 0 saturated heterocycles. The summed E-state index contributed by atoms with van der Waals surface area (Å²) in [5.41, 5.74) is -0.464. The second-order valence-electron chi connectivity index (χ2n) is 7.11. The summed E-state index contributed by atoms with van der Waals surface area (Å²) >= 11 is 0. The zero-order valence-electron chi connectivity index (χ0n) is 15.5. The van der Waals surface area contributed by atoms with Gasteiger partial charge in [-0.25, -0.2) is 8.42 Å². The maximum atomic E-state index is 13.3. The molecule has 2 aliphatic rings. The number of halogens is 2. The minimum Gasteiger partial charge on any atom is -0.476 e. The topological polar surface area (TPSA) is 94.2 Å². The van der Waals surface area contributed by atoms with Crippen molar-refractivity contribution in [3.05, 3.63) is 36.4 Å². The second kappa shape index (κ2) is 5.96. The first-order valence-electron chi connectivity index (χ1n) is 8.40. The van der Waals surface area contributed by atoms with Gasteiger partial charge in [0.2, 0.25) is 10.0 Å². The van der Waals surface area contributed by atoms with Crippen LogP contribution in [-0.4, -0.2) is 32.5 Å². The van der Waals surface area contributed by atoms with Gasteiger partial charge in [-0.1, -0.05) is 0 Å². The van der Waals surface area contributed by atoms with E-state index in [-0.39, 0.29) is 28.6 Å². The summed E-state index contributed by atoms with van der Waals surface area (Å²) in [4.78, 5) is 14.3. The summed E-state index contributed by atoms with van der Waals surface area (Å²) < 4.78 is 66.6. The van der Waals surface area contributed by atoms with Gasteiger partial charge in [0.1, 0.15) is 5.75 Å². The Morgan fingerprint density at radius 3 is 2.34 bits per heavy atom. The number of amides is 1. The highest BCUT2D eigenvalue weighted by atomic mass is 32.2. The smallest absolute Gasteiger partial charge is 0.476 e. The molecule has 0 radical (unpaired) electrons. The molecule has 1 amide bonds. The number of hydrogen-bond donors (Lipinski definition) is 1. The van der Waals surface area contributed by atoms with E-state index >= 15 is 0 Å². The Kier molecular flexibility index (Phi) is 3.95. The summed E-state index contributed by atoms with van der Waals surface area (Å²) in [6, 6.07) is 8.38. The van der Waals surface area contributed by atoms with Gasteiger partial charge in [-0.2, -0.15) is 0 Å². The van der Waals surface area contributed by atoms with Crippen LogP contribution in [-0.2, 0) is 14.8 Å². The molecular formula is C18H16F2N2O6S. The van der Waals surface area contributed by atoms with Gasteiger partial charge in [-0.3, -0.25) is 14.4 Å².